The first kappa shape index (κ1) is 19.3. The number of rotatable bonds is 5. The highest BCUT2D eigenvalue weighted by molar-refractivity contribution is 5.77. The van der Waals surface area contributed by atoms with Crippen LogP contribution in [0.2, 0.25) is 0 Å². The minimum atomic E-state index is -0.637. The molecular weight excluding hydrogens is 348 g/mol. The molecule has 1 aliphatic heterocycles. The van der Waals surface area contributed by atoms with Crippen molar-refractivity contribution in [2.45, 2.75) is 19.9 Å². The summed E-state index contributed by atoms with van der Waals surface area (Å²) in [5.41, 5.74) is 2.80. The van der Waals surface area contributed by atoms with Gasteiger partial charge in [-0.05, 0) is 31.5 Å². The Hall–Kier alpha value is -2.47. The van der Waals surface area contributed by atoms with Crippen molar-refractivity contribution >= 4 is 11.6 Å². The number of aryl methyl sites for hydroxylation is 1. The van der Waals surface area contributed by atoms with Gasteiger partial charge < -0.3 is 15.1 Å². The Labute approximate surface area is 158 Å². The average Bonchev–Trinajstić information content (AvgIpc) is 2.62. The SMILES string of the molecule is Cc1ccccc1N1CC[NH+](CC(=O)N[C@H](C)c2ccc(F)cc2F)CC1. The van der Waals surface area contributed by atoms with Gasteiger partial charge in [0, 0.05) is 17.3 Å². The molecule has 6 heteroatoms. The normalized spacial score (nSPS) is 16.2. The molecule has 0 aliphatic carbocycles. The van der Waals surface area contributed by atoms with E-state index in [9.17, 15) is 13.6 Å². The number of halogens is 2. The van der Waals surface area contributed by atoms with Gasteiger partial charge in [-0.2, -0.15) is 0 Å². The second kappa shape index (κ2) is 8.48. The summed E-state index contributed by atoms with van der Waals surface area (Å²) in [6.45, 7) is 7.72. The zero-order valence-electron chi connectivity index (χ0n) is 15.8. The molecule has 0 aromatic heterocycles. The van der Waals surface area contributed by atoms with Crippen LogP contribution in [0.4, 0.5) is 14.5 Å². The van der Waals surface area contributed by atoms with Crippen molar-refractivity contribution in [1.29, 1.82) is 0 Å². The van der Waals surface area contributed by atoms with Crippen LogP contribution in [0.5, 0.6) is 0 Å². The molecule has 1 atom stereocenters. The van der Waals surface area contributed by atoms with Gasteiger partial charge in [-0.1, -0.05) is 24.3 Å². The largest absolute Gasteiger partial charge is 0.360 e. The lowest BCUT2D eigenvalue weighted by Gasteiger charge is -2.34. The summed E-state index contributed by atoms with van der Waals surface area (Å²) in [6, 6.07) is 11.3. The van der Waals surface area contributed by atoms with E-state index in [1.807, 2.05) is 12.1 Å². The lowest BCUT2D eigenvalue weighted by atomic mass is 10.1. The van der Waals surface area contributed by atoms with Gasteiger partial charge in [0.05, 0.1) is 32.2 Å². The lowest BCUT2D eigenvalue weighted by Crippen LogP contribution is -3.16. The van der Waals surface area contributed by atoms with Crippen LogP contribution in [0, 0.1) is 18.6 Å². The minimum absolute atomic E-state index is 0.120. The van der Waals surface area contributed by atoms with Gasteiger partial charge in [-0.15, -0.1) is 0 Å². The Bertz CT molecular complexity index is 804. The van der Waals surface area contributed by atoms with Crippen molar-refractivity contribution in [3.63, 3.8) is 0 Å². The van der Waals surface area contributed by atoms with Crippen molar-refractivity contribution in [2.75, 3.05) is 37.6 Å². The van der Waals surface area contributed by atoms with E-state index < -0.39 is 17.7 Å². The highest BCUT2D eigenvalue weighted by Crippen LogP contribution is 2.19. The van der Waals surface area contributed by atoms with E-state index in [1.54, 1.807) is 6.92 Å². The smallest absolute Gasteiger partial charge is 0.275 e. The van der Waals surface area contributed by atoms with Gasteiger partial charge >= 0.3 is 0 Å². The second-order valence-corrected chi connectivity index (χ2v) is 7.16. The fourth-order valence-electron chi connectivity index (χ4n) is 3.61. The van der Waals surface area contributed by atoms with Crippen LogP contribution < -0.4 is 15.1 Å². The van der Waals surface area contributed by atoms with Crippen LogP contribution >= 0.6 is 0 Å². The first-order valence-corrected chi connectivity index (χ1v) is 9.32. The maximum absolute atomic E-state index is 13.8. The van der Waals surface area contributed by atoms with Gasteiger partial charge in [0.2, 0.25) is 0 Å². The van der Waals surface area contributed by atoms with Crippen LogP contribution in [0.25, 0.3) is 0 Å². The Morgan fingerprint density at radius 1 is 1.19 bits per heavy atom. The summed E-state index contributed by atoms with van der Waals surface area (Å²) in [6.07, 6.45) is 0. The number of hydrogen-bond donors (Lipinski definition) is 2. The van der Waals surface area contributed by atoms with Crippen molar-refractivity contribution in [3.8, 4) is 0 Å². The molecule has 0 bridgehead atoms. The van der Waals surface area contributed by atoms with E-state index in [4.69, 9.17) is 0 Å². The van der Waals surface area contributed by atoms with Gasteiger partial charge in [-0.3, -0.25) is 4.79 Å². The third kappa shape index (κ3) is 4.83. The third-order valence-corrected chi connectivity index (χ3v) is 5.14. The number of carbonyl (C=O) groups excluding carboxylic acids is 1. The Morgan fingerprint density at radius 2 is 1.89 bits per heavy atom. The number of nitrogens with one attached hydrogen (secondary N) is 2. The van der Waals surface area contributed by atoms with E-state index in [0.717, 1.165) is 32.2 Å². The number of benzene rings is 2. The number of nitrogens with zero attached hydrogens (tertiary/aromatic N) is 1. The van der Waals surface area contributed by atoms with E-state index >= 15 is 0 Å². The van der Waals surface area contributed by atoms with Crippen molar-refractivity contribution in [1.82, 2.24) is 5.32 Å². The average molecular weight is 374 g/mol. The Morgan fingerprint density at radius 3 is 2.56 bits per heavy atom. The maximum Gasteiger partial charge on any atom is 0.275 e. The fraction of sp³-hybridized carbons (Fsp3) is 0.381. The molecule has 1 heterocycles. The number of piperazine rings is 1. The molecule has 0 radical (unpaired) electrons. The topological polar surface area (TPSA) is 36.8 Å². The summed E-state index contributed by atoms with van der Waals surface area (Å²) < 4.78 is 26.9. The van der Waals surface area contributed by atoms with E-state index in [2.05, 4.69) is 29.3 Å². The molecule has 0 saturated carbocycles. The molecule has 0 spiro atoms. The van der Waals surface area contributed by atoms with Crippen LogP contribution in [0.1, 0.15) is 24.1 Å². The number of hydrogen-bond acceptors (Lipinski definition) is 2. The molecule has 1 aliphatic rings. The van der Waals surface area contributed by atoms with Crippen molar-refractivity contribution < 1.29 is 18.5 Å². The van der Waals surface area contributed by atoms with Crippen LogP contribution in [0.15, 0.2) is 42.5 Å². The van der Waals surface area contributed by atoms with Gasteiger partial charge in [0.15, 0.2) is 6.54 Å². The molecule has 3 rings (SSSR count). The first-order chi connectivity index (χ1) is 12.9. The molecule has 2 aromatic rings. The standard InChI is InChI=1S/C21H25F2N3O/c1-15-5-3-4-6-20(15)26-11-9-25(10-12-26)14-21(27)24-16(2)18-8-7-17(22)13-19(18)23/h3-8,13,16H,9-12,14H2,1-2H3,(H,24,27)/p+1/t16-/m1/s1. The summed E-state index contributed by atoms with van der Waals surface area (Å²) in [5.74, 6) is -1.38. The third-order valence-electron chi connectivity index (χ3n) is 5.14. The summed E-state index contributed by atoms with van der Waals surface area (Å²) in [4.78, 5) is 15.9. The van der Waals surface area contributed by atoms with Crippen LogP contribution in [-0.2, 0) is 4.79 Å². The monoisotopic (exact) mass is 374 g/mol. The van der Waals surface area contributed by atoms with Gasteiger partial charge in [0.1, 0.15) is 11.6 Å². The van der Waals surface area contributed by atoms with Crippen molar-refractivity contribution in [2.24, 2.45) is 0 Å². The molecule has 2 N–H and O–H groups in total. The molecule has 27 heavy (non-hydrogen) atoms. The van der Waals surface area contributed by atoms with Gasteiger partial charge in [0.25, 0.3) is 5.91 Å². The van der Waals surface area contributed by atoms with E-state index in [0.29, 0.717) is 12.1 Å². The summed E-state index contributed by atoms with van der Waals surface area (Å²) in [7, 11) is 0. The molecule has 2 aromatic carbocycles. The maximum atomic E-state index is 13.8. The lowest BCUT2D eigenvalue weighted by molar-refractivity contribution is -0.892. The van der Waals surface area contributed by atoms with E-state index in [1.165, 1.54) is 28.3 Å². The molecular formula is C21H26F2N3O+. The van der Waals surface area contributed by atoms with E-state index in [-0.39, 0.29) is 5.91 Å². The molecule has 0 unspecified atom stereocenters. The number of anilines is 1. The van der Waals surface area contributed by atoms with Crippen LogP contribution in [0.3, 0.4) is 0 Å². The summed E-state index contributed by atoms with van der Waals surface area (Å²) >= 11 is 0. The van der Waals surface area contributed by atoms with Crippen LogP contribution in [-0.4, -0.2) is 38.6 Å². The Kier molecular flexibility index (Phi) is 6.06. The molecule has 4 nitrogen and oxygen atoms in total. The number of carbonyl (C=O) groups is 1. The highest BCUT2D eigenvalue weighted by Gasteiger charge is 2.24. The quantitative estimate of drug-likeness (QED) is 0.838. The van der Waals surface area contributed by atoms with Gasteiger partial charge in [-0.25, -0.2) is 8.78 Å². The number of para-hydroxylation sites is 1. The molecule has 1 saturated heterocycles. The fourth-order valence-corrected chi connectivity index (χ4v) is 3.61. The molecule has 144 valence electrons. The predicted octanol–water partition coefficient (Wildman–Crippen LogP) is 1.86. The Balaban J connectivity index is 1.50. The van der Waals surface area contributed by atoms with Crippen molar-refractivity contribution in [3.05, 3.63) is 65.2 Å². The number of amides is 1. The first-order valence-electron chi connectivity index (χ1n) is 9.32. The zero-order valence-corrected chi connectivity index (χ0v) is 15.8. The number of quaternary nitrogens is 1. The zero-order chi connectivity index (χ0) is 19.4. The predicted molar refractivity (Wildman–Crippen MR) is 102 cm³/mol. The second-order valence-electron chi connectivity index (χ2n) is 7.16. The molecule has 1 fully saturated rings. The minimum Gasteiger partial charge on any atom is -0.360 e. The molecule has 1 amide bonds. The highest BCUT2D eigenvalue weighted by atomic mass is 19.1. The summed E-state index contributed by atoms with van der Waals surface area (Å²) in [5, 5.41) is 2.82.